The van der Waals surface area contributed by atoms with E-state index in [1.807, 2.05) is 11.9 Å². The first-order chi connectivity index (χ1) is 19.3. The van der Waals surface area contributed by atoms with Crippen molar-refractivity contribution in [2.75, 3.05) is 45.8 Å². The minimum absolute atomic E-state index is 0.00634. The number of carbonyl (C=O) groups excluding carboxylic acids is 1. The molecule has 0 bridgehead atoms. The number of rotatable bonds is 6. The normalized spacial score (nSPS) is 17.5. The van der Waals surface area contributed by atoms with Crippen LogP contribution in [0.1, 0.15) is 40.8 Å². The second-order valence-electron chi connectivity index (χ2n) is 10.1. The molecule has 0 unspecified atom stereocenters. The Morgan fingerprint density at radius 3 is 2.44 bits per heavy atom. The molecule has 1 fully saturated rings. The van der Waals surface area contributed by atoms with Crippen LogP contribution in [0.25, 0.3) is 10.6 Å². The fraction of sp³-hybridized carbons (Fsp3) is 0.440. The Labute approximate surface area is 239 Å². The third-order valence-electron chi connectivity index (χ3n) is 7.70. The minimum atomic E-state index is -3.65. The number of hydrogen-bond acceptors (Lipinski definition) is 9. The van der Waals surface area contributed by atoms with E-state index in [1.54, 1.807) is 7.05 Å². The van der Waals surface area contributed by atoms with Gasteiger partial charge in [0.1, 0.15) is 22.3 Å². The van der Waals surface area contributed by atoms with Crippen LogP contribution in [0.15, 0.2) is 29.2 Å². The number of aromatic nitrogens is 3. The first-order valence-electron chi connectivity index (χ1n) is 12.8. The Morgan fingerprint density at radius 2 is 1.83 bits per heavy atom. The van der Waals surface area contributed by atoms with Crippen molar-refractivity contribution in [3.05, 3.63) is 62.5 Å². The molecule has 2 aromatic heterocycles. The number of pyridine rings is 1. The van der Waals surface area contributed by atoms with E-state index in [2.05, 4.69) is 10.2 Å². The molecule has 1 N–H and O–H groups in total. The van der Waals surface area contributed by atoms with E-state index >= 15 is 0 Å². The molecule has 0 radical (unpaired) electrons. The molecular formula is C25H29F2N7O5S2. The van der Waals surface area contributed by atoms with Crippen LogP contribution in [0, 0.1) is 11.6 Å². The summed E-state index contributed by atoms with van der Waals surface area (Å²) in [6.45, 7) is 2.52. The second kappa shape index (κ2) is 10.4. The predicted molar refractivity (Wildman–Crippen MR) is 147 cm³/mol. The Hall–Kier alpha value is -3.47. The van der Waals surface area contributed by atoms with Gasteiger partial charge in [-0.25, -0.2) is 8.78 Å². The molecule has 220 valence electrons. The van der Waals surface area contributed by atoms with Crippen LogP contribution < -0.4 is 10.4 Å². The van der Waals surface area contributed by atoms with Crippen LogP contribution in [0.5, 0.6) is 5.75 Å². The zero-order valence-corrected chi connectivity index (χ0v) is 24.5. The summed E-state index contributed by atoms with van der Waals surface area (Å²) in [6.07, 6.45) is 2.01. The van der Waals surface area contributed by atoms with Crippen molar-refractivity contribution in [1.29, 1.82) is 0 Å². The van der Waals surface area contributed by atoms with Crippen molar-refractivity contribution in [3.8, 4) is 16.3 Å². The Balaban J connectivity index is 1.53. The van der Waals surface area contributed by atoms with Crippen LogP contribution >= 0.6 is 11.3 Å². The summed E-state index contributed by atoms with van der Waals surface area (Å²) in [5, 5.41) is 21.4. The van der Waals surface area contributed by atoms with Gasteiger partial charge in [0, 0.05) is 72.3 Å². The van der Waals surface area contributed by atoms with Crippen LogP contribution in [0.3, 0.4) is 0 Å². The first kappa shape index (κ1) is 29.0. The lowest BCUT2D eigenvalue weighted by molar-refractivity contribution is 0.0161. The molecule has 4 heterocycles. The van der Waals surface area contributed by atoms with Crippen molar-refractivity contribution in [2.24, 2.45) is 0 Å². The molecule has 2 aliphatic rings. The van der Waals surface area contributed by atoms with Gasteiger partial charge in [0.2, 0.25) is 5.43 Å². The second-order valence-corrected chi connectivity index (χ2v) is 13.3. The highest BCUT2D eigenvalue weighted by molar-refractivity contribution is 7.86. The molecule has 1 aromatic carbocycles. The molecule has 1 spiro atoms. The molecule has 1 amide bonds. The highest BCUT2D eigenvalue weighted by atomic mass is 32.2. The number of aromatic hydroxyl groups is 1. The third-order valence-corrected chi connectivity index (χ3v) is 10.6. The molecule has 3 aromatic rings. The van der Waals surface area contributed by atoms with Crippen molar-refractivity contribution in [2.45, 2.75) is 31.8 Å². The number of halogens is 2. The summed E-state index contributed by atoms with van der Waals surface area (Å²) in [5.41, 5.74) is -1.76. The molecule has 0 atom stereocenters. The van der Waals surface area contributed by atoms with Gasteiger partial charge in [-0.15, -0.1) is 10.2 Å². The third kappa shape index (κ3) is 4.67. The standard InChI is InChI=1S/C25H29F2N7O5S2/c1-5-34-25(8-10-32(11-9-25)41(38,39)30(2)3)31(4)24(37)20-22(36)21(35)17(14-33(20)34)23-29-28-19(40-23)12-15-6-7-16(26)13-18(15)27/h6-7,13-14,36H,5,8-12H2,1-4H3. The van der Waals surface area contributed by atoms with Gasteiger partial charge >= 0.3 is 0 Å². The van der Waals surface area contributed by atoms with Crippen molar-refractivity contribution in [3.63, 3.8) is 0 Å². The monoisotopic (exact) mass is 609 g/mol. The molecule has 41 heavy (non-hydrogen) atoms. The number of hydrogen-bond donors (Lipinski definition) is 1. The number of nitrogens with zero attached hydrogens (tertiary/aromatic N) is 7. The van der Waals surface area contributed by atoms with Crippen LogP contribution in [0.2, 0.25) is 0 Å². The predicted octanol–water partition coefficient (Wildman–Crippen LogP) is 1.58. The number of benzene rings is 1. The van der Waals surface area contributed by atoms with Crippen molar-refractivity contribution < 1.29 is 27.1 Å². The molecule has 1 saturated heterocycles. The quantitative estimate of drug-likeness (QED) is 0.446. The minimum Gasteiger partial charge on any atom is -0.502 e. The van der Waals surface area contributed by atoms with E-state index in [-0.39, 0.29) is 54.2 Å². The number of piperidine rings is 1. The molecule has 16 heteroatoms. The average molecular weight is 610 g/mol. The molecule has 5 rings (SSSR count). The topological polar surface area (TPSA) is 132 Å². The lowest BCUT2D eigenvalue weighted by Crippen LogP contribution is -2.72. The number of carbonyl (C=O) groups is 1. The van der Waals surface area contributed by atoms with Crippen molar-refractivity contribution >= 4 is 27.5 Å². The Morgan fingerprint density at radius 1 is 1.15 bits per heavy atom. The average Bonchev–Trinajstić information content (AvgIpc) is 3.39. The van der Waals surface area contributed by atoms with Gasteiger partial charge in [0.05, 0.1) is 5.56 Å². The van der Waals surface area contributed by atoms with Gasteiger partial charge in [0.15, 0.2) is 16.5 Å². The SMILES string of the molecule is CCN1n2cc(-c3nnc(Cc4ccc(F)cc4F)s3)c(=O)c(O)c2C(=O)N(C)C12CCN(S(=O)(=O)N(C)C)CC2. The van der Waals surface area contributed by atoms with Gasteiger partial charge in [-0.2, -0.15) is 17.0 Å². The largest absolute Gasteiger partial charge is 0.502 e. The highest BCUT2D eigenvalue weighted by Gasteiger charge is 2.52. The summed E-state index contributed by atoms with van der Waals surface area (Å²) in [4.78, 5) is 28.3. The van der Waals surface area contributed by atoms with Gasteiger partial charge in [-0.05, 0) is 18.6 Å². The fourth-order valence-corrected chi connectivity index (χ4v) is 7.44. The Bertz CT molecular complexity index is 1680. The van der Waals surface area contributed by atoms with E-state index in [9.17, 15) is 31.9 Å². The van der Waals surface area contributed by atoms with Gasteiger partial charge < -0.3 is 10.0 Å². The maximum absolute atomic E-state index is 14.2. The Kier molecular flexibility index (Phi) is 7.38. The summed E-state index contributed by atoms with van der Waals surface area (Å²) < 4.78 is 56.9. The summed E-state index contributed by atoms with van der Waals surface area (Å²) >= 11 is 1.01. The summed E-state index contributed by atoms with van der Waals surface area (Å²) in [7, 11) is 0.844. The summed E-state index contributed by atoms with van der Waals surface area (Å²) in [5.74, 6) is -2.76. The maximum atomic E-state index is 14.2. The van der Waals surface area contributed by atoms with E-state index in [0.717, 1.165) is 27.8 Å². The maximum Gasteiger partial charge on any atom is 0.281 e. The van der Waals surface area contributed by atoms with E-state index in [4.69, 9.17) is 0 Å². The van der Waals surface area contributed by atoms with Crippen LogP contribution in [-0.4, -0.2) is 94.3 Å². The fourth-order valence-electron chi connectivity index (χ4n) is 5.46. The molecule has 0 saturated carbocycles. The lowest BCUT2D eigenvalue weighted by Gasteiger charge is -2.57. The zero-order valence-electron chi connectivity index (χ0n) is 22.8. The smallest absolute Gasteiger partial charge is 0.281 e. The molecule has 0 aliphatic carbocycles. The first-order valence-corrected chi connectivity index (χ1v) is 15.0. The number of fused-ring (bicyclic) bond motifs is 1. The molecular weight excluding hydrogens is 580 g/mol. The van der Waals surface area contributed by atoms with Crippen LogP contribution in [0.4, 0.5) is 8.78 Å². The zero-order chi connectivity index (χ0) is 29.9. The van der Waals surface area contributed by atoms with Crippen molar-refractivity contribution in [1.82, 2.24) is 28.4 Å². The van der Waals surface area contributed by atoms with E-state index in [1.165, 1.54) is 40.2 Å². The van der Waals surface area contributed by atoms with Gasteiger partial charge in [0.25, 0.3) is 16.1 Å². The van der Waals surface area contributed by atoms with Gasteiger partial charge in [-0.1, -0.05) is 17.4 Å². The summed E-state index contributed by atoms with van der Waals surface area (Å²) in [6, 6.07) is 3.22. The van der Waals surface area contributed by atoms with Gasteiger partial charge in [-0.3, -0.25) is 19.3 Å². The highest BCUT2D eigenvalue weighted by Crippen LogP contribution is 2.39. The van der Waals surface area contributed by atoms with E-state index in [0.29, 0.717) is 11.6 Å². The lowest BCUT2D eigenvalue weighted by atomic mass is 9.93. The molecule has 2 aliphatic heterocycles. The van der Waals surface area contributed by atoms with E-state index < -0.39 is 44.6 Å². The number of amides is 1. The van der Waals surface area contributed by atoms with Crippen LogP contribution in [-0.2, 0) is 16.6 Å². The molecule has 12 nitrogen and oxygen atoms in total.